The van der Waals surface area contributed by atoms with Gasteiger partial charge in [0.05, 0.1) is 22.5 Å². The van der Waals surface area contributed by atoms with Crippen LogP contribution in [0.3, 0.4) is 0 Å². The van der Waals surface area contributed by atoms with Gasteiger partial charge in [0, 0.05) is 6.42 Å². The second-order valence-corrected chi connectivity index (χ2v) is 10.1. The Labute approximate surface area is 176 Å². The normalized spacial score (nSPS) is 22.4. The predicted octanol–water partition coefficient (Wildman–Crippen LogP) is 2.46. The lowest BCUT2D eigenvalue weighted by molar-refractivity contribution is -0.0809. The molecule has 3 rings (SSSR count). The maximum absolute atomic E-state index is 12.7. The van der Waals surface area contributed by atoms with Gasteiger partial charge in [0.1, 0.15) is 18.3 Å². The fourth-order valence-corrected chi connectivity index (χ4v) is 5.07. The summed E-state index contributed by atoms with van der Waals surface area (Å²) < 4.78 is 66.5. The minimum Gasteiger partial charge on any atom is -0.360 e. The van der Waals surface area contributed by atoms with Crippen LogP contribution in [0.4, 0.5) is 0 Å². The first kappa shape index (κ1) is 22.4. The number of aryl methyl sites for hydroxylation is 2. The zero-order chi connectivity index (χ0) is 21.9. The maximum atomic E-state index is 12.7. The van der Waals surface area contributed by atoms with Crippen LogP contribution in [-0.2, 0) is 33.3 Å². The van der Waals surface area contributed by atoms with Crippen LogP contribution < -0.4 is 0 Å². The van der Waals surface area contributed by atoms with Gasteiger partial charge >= 0.3 is 0 Å². The molecular weight excluding hydrogens is 430 g/mol. The Balaban J connectivity index is 1.84. The van der Waals surface area contributed by atoms with Crippen molar-refractivity contribution in [2.75, 3.05) is 6.61 Å². The molecule has 1 heterocycles. The van der Waals surface area contributed by atoms with E-state index < -0.39 is 38.5 Å². The minimum absolute atomic E-state index is 0.0735. The van der Waals surface area contributed by atoms with Gasteiger partial charge in [-0.2, -0.15) is 22.1 Å². The van der Waals surface area contributed by atoms with Crippen LogP contribution in [0.15, 0.2) is 58.3 Å². The molecule has 1 saturated heterocycles. The smallest absolute Gasteiger partial charge is 0.297 e. The van der Waals surface area contributed by atoms with E-state index >= 15 is 0 Å². The lowest BCUT2D eigenvalue weighted by Gasteiger charge is -2.32. The molecule has 3 unspecified atom stereocenters. The van der Waals surface area contributed by atoms with Gasteiger partial charge < -0.3 is 4.74 Å². The summed E-state index contributed by atoms with van der Waals surface area (Å²) in [4.78, 5) is -0.149. The molecule has 0 aromatic heterocycles. The number of nitrogens with zero attached hydrogens (tertiary/aromatic N) is 1. The molecule has 3 atom stereocenters. The zero-order valence-corrected chi connectivity index (χ0v) is 18.0. The Hall–Kier alpha value is -2.29. The maximum Gasteiger partial charge on any atom is 0.297 e. The summed E-state index contributed by atoms with van der Waals surface area (Å²) in [7, 11) is -8.40. The van der Waals surface area contributed by atoms with Crippen molar-refractivity contribution in [3.05, 3.63) is 59.7 Å². The highest BCUT2D eigenvalue weighted by molar-refractivity contribution is 7.87. The van der Waals surface area contributed by atoms with E-state index in [1.54, 1.807) is 24.3 Å². The highest BCUT2D eigenvalue weighted by atomic mass is 32.2. The van der Waals surface area contributed by atoms with Crippen LogP contribution >= 0.6 is 0 Å². The molecule has 30 heavy (non-hydrogen) atoms. The average Bonchev–Trinajstić information content (AvgIpc) is 2.69. The molecule has 10 heteroatoms. The number of rotatable bonds is 6. The first-order valence-corrected chi connectivity index (χ1v) is 11.9. The van der Waals surface area contributed by atoms with Crippen LogP contribution in [0, 0.1) is 25.2 Å². The van der Waals surface area contributed by atoms with Crippen molar-refractivity contribution in [2.45, 2.75) is 48.4 Å². The van der Waals surface area contributed by atoms with E-state index in [4.69, 9.17) is 18.4 Å². The molecule has 0 radical (unpaired) electrons. The van der Waals surface area contributed by atoms with E-state index in [1.165, 1.54) is 24.3 Å². The molecule has 2 aromatic rings. The Bertz CT molecular complexity index is 1140. The minimum atomic E-state index is -4.21. The zero-order valence-electron chi connectivity index (χ0n) is 16.4. The monoisotopic (exact) mass is 451 g/mol. The highest BCUT2D eigenvalue weighted by Gasteiger charge is 2.39. The van der Waals surface area contributed by atoms with Crippen LogP contribution in [0.5, 0.6) is 0 Å². The van der Waals surface area contributed by atoms with Gasteiger partial charge in [0.15, 0.2) is 0 Å². The largest absolute Gasteiger partial charge is 0.360 e. The molecule has 0 N–H and O–H groups in total. The second-order valence-electron chi connectivity index (χ2n) is 6.99. The lowest BCUT2D eigenvalue weighted by atomic mass is 10.1. The average molecular weight is 452 g/mol. The SMILES string of the molecule is Cc1ccc(S(=O)(=O)OC2COC(C#N)CC2OS(=O)(=O)c2ccc(C)cc2)cc1. The van der Waals surface area contributed by atoms with Gasteiger partial charge in [-0.05, 0) is 38.1 Å². The molecule has 0 aliphatic carbocycles. The molecule has 0 amide bonds. The third kappa shape index (κ3) is 5.24. The van der Waals surface area contributed by atoms with E-state index in [2.05, 4.69) is 0 Å². The quantitative estimate of drug-likeness (QED) is 0.614. The number of hydrogen-bond acceptors (Lipinski definition) is 8. The van der Waals surface area contributed by atoms with Crippen LogP contribution in [0.25, 0.3) is 0 Å². The van der Waals surface area contributed by atoms with E-state index in [9.17, 15) is 16.8 Å². The van der Waals surface area contributed by atoms with Crippen molar-refractivity contribution < 1.29 is 29.9 Å². The fourth-order valence-electron chi connectivity index (χ4n) is 2.88. The summed E-state index contributed by atoms with van der Waals surface area (Å²) in [5.41, 5.74) is 1.74. The summed E-state index contributed by atoms with van der Waals surface area (Å²) in [5.74, 6) is 0. The molecule has 8 nitrogen and oxygen atoms in total. The van der Waals surface area contributed by atoms with Gasteiger partial charge in [0.2, 0.25) is 0 Å². The second kappa shape index (κ2) is 8.83. The summed E-state index contributed by atoms with van der Waals surface area (Å²) in [6.07, 6.45) is -3.54. The van der Waals surface area contributed by atoms with E-state index in [0.717, 1.165) is 11.1 Å². The summed E-state index contributed by atoms with van der Waals surface area (Å²) >= 11 is 0. The van der Waals surface area contributed by atoms with Crippen LogP contribution in [0.1, 0.15) is 17.5 Å². The molecule has 0 spiro atoms. The molecular formula is C20H21NO7S2. The first-order chi connectivity index (χ1) is 14.1. The summed E-state index contributed by atoms with van der Waals surface area (Å²) in [6.45, 7) is 3.32. The van der Waals surface area contributed by atoms with Crippen LogP contribution in [-0.4, -0.2) is 41.8 Å². The number of hydrogen-bond donors (Lipinski definition) is 0. The van der Waals surface area contributed by atoms with Crippen molar-refractivity contribution in [3.63, 3.8) is 0 Å². The molecule has 0 bridgehead atoms. The van der Waals surface area contributed by atoms with E-state index in [-0.39, 0.29) is 22.8 Å². The highest BCUT2D eigenvalue weighted by Crippen LogP contribution is 2.27. The number of benzene rings is 2. The summed E-state index contributed by atoms with van der Waals surface area (Å²) in [5, 5.41) is 9.14. The topological polar surface area (TPSA) is 120 Å². The van der Waals surface area contributed by atoms with Crippen molar-refractivity contribution in [3.8, 4) is 6.07 Å². The molecule has 1 fully saturated rings. The number of ether oxygens (including phenoxy) is 1. The van der Waals surface area contributed by atoms with Gasteiger partial charge in [-0.15, -0.1) is 0 Å². The van der Waals surface area contributed by atoms with Crippen molar-refractivity contribution in [1.82, 2.24) is 0 Å². The Kier molecular flexibility index (Phi) is 6.59. The third-order valence-electron chi connectivity index (χ3n) is 4.59. The molecule has 1 aliphatic rings. The molecule has 1 aliphatic heterocycles. The van der Waals surface area contributed by atoms with Gasteiger partial charge in [-0.1, -0.05) is 35.4 Å². The van der Waals surface area contributed by atoms with Crippen LogP contribution in [0.2, 0.25) is 0 Å². The third-order valence-corrected chi connectivity index (χ3v) is 7.29. The first-order valence-electron chi connectivity index (χ1n) is 9.12. The Morgan fingerprint density at radius 1 is 0.833 bits per heavy atom. The lowest BCUT2D eigenvalue weighted by Crippen LogP contribution is -2.45. The molecule has 160 valence electrons. The standard InChI is InChI=1S/C20H21NO7S2/c1-14-3-7-17(8-4-14)29(22,23)27-19-11-16(12-21)26-13-20(19)28-30(24,25)18-9-5-15(2)6-10-18/h3-10,16,19-20H,11,13H2,1-2H3. The molecule has 2 aromatic carbocycles. The van der Waals surface area contributed by atoms with Crippen molar-refractivity contribution in [1.29, 1.82) is 5.26 Å². The Morgan fingerprint density at radius 2 is 1.27 bits per heavy atom. The predicted molar refractivity (Wildman–Crippen MR) is 106 cm³/mol. The summed E-state index contributed by atoms with van der Waals surface area (Å²) in [6, 6.07) is 13.9. The van der Waals surface area contributed by atoms with Gasteiger partial charge in [-0.25, -0.2) is 0 Å². The Morgan fingerprint density at radius 3 is 1.70 bits per heavy atom. The van der Waals surface area contributed by atoms with Crippen molar-refractivity contribution in [2.24, 2.45) is 0 Å². The molecule has 0 saturated carbocycles. The van der Waals surface area contributed by atoms with E-state index in [0.29, 0.717) is 0 Å². The number of nitriles is 1. The van der Waals surface area contributed by atoms with Crippen molar-refractivity contribution >= 4 is 20.2 Å². The fraction of sp³-hybridized carbons (Fsp3) is 0.350. The van der Waals surface area contributed by atoms with Gasteiger partial charge in [0.25, 0.3) is 20.2 Å². The van der Waals surface area contributed by atoms with E-state index in [1.807, 2.05) is 19.9 Å². The van der Waals surface area contributed by atoms with Gasteiger partial charge in [-0.3, -0.25) is 8.37 Å².